The second kappa shape index (κ2) is 5.65. The molecule has 1 aliphatic rings. The fraction of sp³-hybridized carbons (Fsp3) is 0.700. The normalized spacial score (nSPS) is 16.0. The second-order valence-electron chi connectivity index (χ2n) is 3.49. The molecule has 4 nitrogen and oxygen atoms in total. The first-order chi connectivity index (χ1) is 6.74. The van der Waals surface area contributed by atoms with Crippen LogP contribution in [0.5, 0.6) is 0 Å². The maximum Gasteiger partial charge on any atom is 0.317 e. The number of amides is 2. The van der Waals surface area contributed by atoms with Gasteiger partial charge in [-0.3, -0.25) is 0 Å². The molecule has 4 heteroatoms. The predicted molar refractivity (Wildman–Crippen MR) is 57.3 cm³/mol. The Morgan fingerprint density at radius 3 is 3.07 bits per heavy atom. The fourth-order valence-electron chi connectivity index (χ4n) is 1.30. The quantitative estimate of drug-likeness (QED) is 0.650. The Morgan fingerprint density at radius 1 is 1.71 bits per heavy atom. The van der Waals surface area contributed by atoms with E-state index in [1.165, 1.54) is 5.57 Å². The standard InChI is InChI=1S/C10H19N3O/c1-3-13(2)10(14)12-8-9-4-6-11-7-5-9/h4,11H,3,5-8H2,1-2H3,(H,12,14). The summed E-state index contributed by atoms with van der Waals surface area (Å²) in [6.45, 7) is 5.33. The predicted octanol–water partition coefficient (Wildman–Crippen LogP) is 0.567. The molecule has 0 radical (unpaired) electrons. The molecular weight excluding hydrogens is 178 g/mol. The van der Waals surface area contributed by atoms with Crippen molar-refractivity contribution in [2.45, 2.75) is 13.3 Å². The van der Waals surface area contributed by atoms with Crippen LogP contribution < -0.4 is 10.6 Å². The van der Waals surface area contributed by atoms with Crippen LogP contribution in [0.3, 0.4) is 0 Å². The summed E-state index contributed by atoms with van der Waals surface area (Å²) in [7, 11) is 1.80. The second-order valence-corrected chi connectivity index (χ2v) is 3.49. The van der Waals surface area contributed by atoms with Crippen molar-refractivity contribution >= 4 is 6.03 Å². The highest BCUT2D eigenvalue weighted by atomic mass is 16.2. The average Bonchev–Trinajstić information content (AvgIpc) is 2.26. The number of nitrogens with zero attached hydrogens (tertiary/aromatic N) is 1. The Bertz CT molecular complexity index is 225. The zero-order valence-corrected chi connectivity index (χ0v) is 8.97. The summed E-state index contributed by atoms with van der Waals surface area (Å²) in [4.78, 5) is 13.1. The molecule has 0 spiro atoms. The number of nitrogens with one attached hydrogen (secondary N) is 2. The SMILES string of the molecule is CCN(C)C(=O)NCC1=CCNCC1. The first-order valence-corrected chi connectivity index (χ1v) is 5.11. The molecule has 0 bridgehead atoms. The van der Waals surface area contributed by atoms with Crippen molar-refractivity contribution in [3.05, 3.63) is 11.6 Å². The van der Waals surface area contributed by atoms with Gasteiger partial charge in [0.25, 0.3) is 0 Å². The minimum atomic E-state index is 0.00642. The van der Waals surface area contributed by atoms with E-state index in [9.17, 15) is 4.79 Å². The molecular formula is C10H19N3O. The lowest BCUT2D eigenvalue weighted by molar-refractivity contribution is 0.212. The van der Waals surface area contributed by atoms with E-state index in [2.05, 4.69) is 16.7 Å². The summed E-state index contributed by atoms with van der Waals surface area (Å²) in [5.41, 5.74) is 1.32. The summed E-state index contributed by atoms with van der Waals surface area (Å²) < 4.78 is 0. The van der Waals surface area contributed by atoms with Gasteiger partial charge >= 0.3 is 6.03 Å². The molecule has 1 aliphatic heterocycles. The van der Waals surface area contributed by atoms with E-state index in [0.29, 0.717) is 6.54 Å². The lowest BCUT2D eigenvalue weighted by Crippen LogP contribution is -2.38. The summed E-state index contributed by atoms with van der Waals surface area (Å²) in [5.74, 6) is 0. The van der Waals surface area contributed by atoms with Crippen LogP contribution in [-0.4, -0.2) is 44.2 Å². The Hall–Kier alpha value is -1.03. The largest absolute Gasteiger partial charge is 0.334 e. The van der Waals surface area contributed by atoms with E-state index in [1.54, 1.807) is 11.9 Å². The van der Waals surface area contributed by atoms with Crippen LogP contribution in [0.4, 0.5) is 4.79 Å². The topological polar surface area (TPSA) is 44.4 Å². The van der Waals surface area contributed by atoms with Gasteiger partial charge in [-0.05, 0) is 19.9 Å². The highest BCUT2D eigenvalue weighted by Crippen LogP contribution is 2.02. The van der Waals surface area contributed by atoms with Crippen LogP contribution in [-0.2, 0) is 0 Å². The number of hydrogen-bond acceptors (Lipinski definition) is 2. The van der Waals surface area contributed by atoms with Crippen molar-refractivity contribution < 1.29 is 4.79 Å². The smallest absolute Gasteiger partial charge is 0.317 e. The third-order valence-corrected chi connectivity index (χ3v) is 2.45. The fourth-order valence-corrected chi connectivity index (χ4v) is 1.30. The summed E-state index contributed by atoms with van der Waals surface area (Å²) in [6, 6.07) is 0.00642. The first kappa shape index (κ1) is 11.0. The number of carbonyl (C=O) groups excluding carboxylic acids is 1. The van der Waals surface area contributed by atoms with Crippen molar-refractivity contribution in [3.8, 4) is 0 Å². The Balaban J connectivity index is 2.25. The van der Waals surface area contributed by atoms with Crippen LogP contribution in [0.25, 0.3) is 0 Å². The van der Waals surface area contributed by atoms with Crippen LogP contribution in [0, 0.1) is 0 Å². The van der Waals surface area contributed by atoms with Gasteiger partial charge in [-0.25, -0.2) is 4.79 Å². The summed E-state index contributed by atoms with van der Waals surface area (Å²) >= 11 is 0. The van der Waals surface area contributed by atoms with Crippen molar-refractivity contribution in [1.29, 1.82) is 0 Å². The molecule has 0 aromatic heterocycles. The van der Waals surface area contributed by atoms with E-state index >= 15 is 0 Å². The molecule has 14 heavy (non-hydrogen) atoms. The Labute approximate surface area is 85.3 Å². The lowest BCUT2D eigenvalue weighted by Gasteiger charge is -2.18. The van der Waals surface area contributed by atoms with Gasteiger partial charge in [-0.1, -0.05) is 11.6 Å². The summed E-state index contributed by atoms with van der Waals surface area (Å²) in [6.07, 6.45) is 3.19. The molecule has 1 heterocycles. The van der Waals surface area contributed by atoms with E-state index in [1.807, 2.05) is 6.92 Å². The van der Waals surface area contributed by atoms with Crippen LogP contribution in [0.1, 0.15) is 13.3 Å². The van der Waals surface area contributed by atoms with Gasteiger partial charge in [0.2, 0.25) is 0 Å². The Morgan fingerprint density at radius 2 is 2.50 bits per heavy atom. The maximum atomic E-state index is 11.4. The molecule has 0 saturated carbocycles. The average molecular weight is 197 g/mol. The minimum absolute atomic E-state index is 0.00642. The zero-order valence-electron chi connectivity index (χ0n) is 8.97. The highest BCUT2D eigenvalue weighted by molar-refractivity contribution is 5.74. The maximum absolute atomic E-state index is 11.4. The first-order valence-electron chi connectivity index (χ1n) is 5.11. The van der Waals surface area contributed by atoms with Crippen molar-refractivity contribution in [2.75, 3.05) is 33.2 Å². The van der Waals surface area contributed by atoms with E-state index in [4.69, 9.17) is 0 Å². The van der Waals surface area contributed by atoms with Crippen LogP contribution >= 0.6 is 0 Å². The molecule has 0 fully saturated rings. The molecule has 2 amide bonds. The van der Waals surface area contributed by atoms with Gasteiger partial charge in [0, 0.05) is 26.7 Å². The molecule has 2 N–H and O–H groups in total. The number of carbonyl (C=O) groups is 1. The molecule has 0 unspecified atom stereocenters. The highest BCUT2D eigenvalue weighted by Gasteiger charge is 2.07. The number of urea groups is 1. The molecule has 0 aliphatic carbocycles. The van der Waals surface area contributed by atoms with Gasteiger partial charge < -0.3 is 15.5 Å². The molecule has 80 valence electrons. The van der Waals surface area contributed by atoms with Crippen LogP contribution in [0.15, 0.2) is 11.6 Å². The van der Waals surface area contributed by atoms with Gasteiger partial charge in [-0.2, -0.15) is 0 Å². The van der Waals surface area contributed by atoms with Crippen molar-refractivity contribution in [3.63, 3.8) is 0 Å². The molecule has 0 atom stereocenters. The minimum Gasteiger partial charge on any atom is -0.334 e. The monoisotopic (exact) mass is 197 g/mol. The third kappa shape index (κ3) is 3.38. The van der Waals surface area contributed by atoms with Crippen molar-refractivity contribution in [1.82, 2.24) is 15.5 Å². The lowest BCUT2D eigenvalue weighted by atomic mass is 10.1. The summed E-state index contributed by atoms with van der Waals surface area (Å²) in [5, 5.41) is 6.13. The number of rotatable bonds is 3. The van der Waals surface area contributed by atoms with Gasteiger partial charge in [0.05, 0.1) is 0 Å². The van der Waals surface area contributed by atoms with Gasteiger partial charge in [0.15, 0.2) is 0 Å². The third-order valence-electron chi connectivity index (χ3n) is 2.45. The molecule has 0 saturated heterocycles. The van der Waals surface area contributed by atoms with Gasteiger partial charge in [0.1, 0.15) is 0 Å². The molecule has 0 aromatic rings. The molecule has 0 aromatic carbocycles. The van der Waals surface area contributed by atoms with E-state index in [0.717, 1.165) is 26.1 Å². The zero-order chi connectivity index (χ0) is 10.4. The van der Waals surface area contributed by atoms with E-state index in [-0.39, 0.29) is 6.03 Å². The molecule has 1 rings (SSSR count). The van der Waals surface area contributed by atoms with Crippen molar-refractivity contribution in [2.24, 2.45) is 0 Å². The van der Waals surface area contributed by atoms with Gasteiger partial charge in [-0.15, -0.1) is 0 Å². The van der Waals surface area contributed by atoms with Crippen LogP contribution in [0.2, 0.25) is 0 Å². The van der Waals surface area contributed by atoms with E-state index < -0.39 is 0 Å². The number of hydrogen-bond donors (Lipinski definition) is 2. The Kier molecular flexibility index (Phi) is 4.46.